The lowest BCUT2D eigenvalue weighted by atomic mass is 10.2. The maximum atomic E-state index is 13.6. The molecule has 0 bridgehead atoms. The number of aromatic nitrogens is 3. The first kappa shape index (κ1) is 12.0. The second kappa shape index (κ2) is 4.81. The quantitative estimate of drug-likeness (QED) is 0.809. The van der Waals surface area contributed by atoms with Crippen LogP contribution in [-0.2, 0) is 6.54 Å². The third-order valence-corrected chi connectivity index (χ3v) is 3.17. The number of halogens is 4. The standard InChI is InChI=1S/C9H5Br2ClFN3/c10-8-14-9(11)16(15-8)4-5-2-1-3-6(12)7(5)13/h1-3H,4H2. The van der Waals surface area contributed by atoms with E-state index in [4.69, 9.17) is 11.6 Å². The normalized spacial score (nSPS) is 10.8. The van der Waals surface area contributed by atoms with E-state index < -0.39 is 5.82 Å². The van der Waals surface area contributed by atoms with E-state index in [0.29, 0.717) is 15.0 Å². The van der Waals surface area contributed by atoms with Crippen molar-refractivity contribution in [1.29, 1.82) is 0 Å². The zero-order chi connectivity index (χ0) is 11.7. The molecular weight excluding hydrogens is 364 g/mol. The summed E-state index contributed by atoms with van der Waals surface area (Å²) in [5.41, 5.74) is 0.464. The highest BCUT2D eigenvalue weighted by molar-refractivity contribution is 9.11. The molecule has 0 saturated heterocycles. The molecule has 0 unspecified atom stereocenters. The average molecular weight is 369 g/mol. The molecule has 0 aliphatic carbocycles. The van der Waals surface area contributed by atoms with Crippen LogP contribution in [0.15, 0.2) is 27.7 Å². The molecule has 0 radical (unpaired) electrons. The van der Waals surface area contributed by atoms with E-state index in [1.165, 1.54) is 10.7 Å². The van der Waals surface area contributed by atoms with Crippen molar-refractivity contribution < 1.29 is 4.39 Å². The van der Waals surface area contributed by atoms with Crippen molar-refractivity contribution in [1.82, 2.24) is 14.8 Å². The third-order valence-electron chi connectivity index (χ3n) is 1.95. The van der Waals surface area contributed by atoms with Crippen molar-refractivity contribution in [2.75, 3.05) is 0 Å². The first-order valence-electron chi connectivity index (χ1n) is 4.26. The summed E-state index contributed by atoms with van der Waals surface area (Å²) in [4.78, 5) is 3.99. The maximum Gasteiger partial charge on any atom is 0.218 e. The Morgan fingerprint density at radius 1 is 1.38 bits per heavy atom. The fourth-order valence-electron chi connectivity index (χ4n) is 1.23. The van der Waals surface area contributed by atoms with Crippen LogP contribution in [0.4, 0.5) is 4.39 Å². The van der Waals surface area contributed by atoms with Gasteiger partial charge >= 0.3 is 0 Å². The molecule has 0 N–H and O–H groups in total. The van der Waals surface area contributed by atoms with Crippen LogP contribution in [0.1, 0.15) is 5.56 Å². The van der Waals surface area contributed by atoms with E-state index in [1.54, 1.807) is 12.1 Å². The molecule has 84 valence electrons. The molecule has 7 heteroatoms. The smallest absolute Gasteiger partial charge is 0.218 e. The zero-order valence-electron chi connectivity index (χ0n) is 7.79. The third kappa shape index (κ3) is 2.44. The van der Waals surface area contributed by atoms with E-state index in [9.17, 15) is 4.39 Å². The van der Waals surface area contributed by atoms with E-state index in [0.717, 1.165) is 0 Å². The lowest BCUT2D eigenvalue weighted by molar-refractivity contribution is 0.580. The molecule has 2 rings (SSSR count). The highest BCUT2D eigenvalue weighted by atomic mass is 79.9. The molecule has 1 aromatic heterocycles. The summed E-state index contributed by atoms with van der Waals surface area (Å²) in [6.07, 6.45) is 0. The number of benzene rings is 1. The first-order valence-corrected chi connectivity index (χ1v) is 6.23. The predicted octanol–water partition coefficient (Wildman–Crippen LogP) is 3.64. The molecule has 16 heavy (non-hydrogen) atoms. The van der Waals surface area contributed by atoms with Gasteiger partial charge in [0.15, 0.2) is 4.73 Å². The minimum absolute atomic E-state index is 0.104. The van der Waals surface area contributed by atoms with E-state index in [-0.39, 0.29) is 11.6 Å². The number of hydrogen-bond acceptors (Lipinski definition) is 2. The highest BCUT2D eigenvalue weighted by Gasteiger charge is 2.10. The van der Waals surface area contributed by atoms with Gasteiger partial charge < -0.3 is 0 Å². The monoisotopic (exact) mass is 367 g/mol. The largest absolute Gasteiger partial charge is 0.235 e. The van der Waals surface area contributed by atoms with Crippen molar-refractivity contribution in [3.05, 3.63) is 44.1 Å². The second-order valence-corrected chi connectivity index (χ2v) is 4.85. The van der Waals surface area contributed by atoms with Gasteiger partial charge in [0.2, 0.25) is 4.73 Å². The second-order valence-electron chi connectivity index (χ2n) is 3.02. The molecule has 0 saturated carbocycles. The van der Waals surface area contributed by atoms with Crippen LogP contribution >= 0.6 is 43.5 Å². The van der Waals surface area contributed by atoms with Crippen LogP contribution in [0.5, 0.6) is 0 Å². The molecule has 1 heterocycles. The van der Waals surface area contributed by atoms with Gasteiger partial charge in [0, 0.05) is 5.56 Å². The molecule has 1 aromatic carbocycles. The minimum atomic E-state index is -0.428. The van der Waals surface area contributed by atoms with Crippen LogP contribution in [0.3, 0.4) is 0 Å². The highest BCUT2D eigenvalue weighted by Crippen LogP contribution is 2.20. The van der Waals surface area contributed by atoms with Crippen LogP contribution in [0.25, 0.3) is 0 Å². The molecule has 0 aliphatic rings. The molecule has 0 fully saturated rings. The molecule has 0 amide bonds. The van der Waals surface area contributed by atoms with Crippen molar-refractivity contribution in [3.63, 3.8) is 0 Å². The lowest BCUT2D eigenvalue weighted by Crippen LogP contribution is -2.04. The Labute approximate surface area is 113 Å². The summed E-state index contributed by atoms with van der Waals surface area (Å²) < 4.78 is 16.1. The van der Waals surface area contributed by atoms with Gasteiger partial charge in [-0.2, -0.15) is 4.98 Å². The Bertz CT molecular complexity index is 529. The zero-order valence-corrected chi connectivity index (χ0v) is 11.7. The fourth-order valence-corrected chi connectivity index (χ4v) is 2.39. The van der Waals surface area contributed by atoms with Crippen molar-refractivity contribution in [2.24, 2.45) is 0 Å². The minimum Gasteiger partial charge on any atom is -0.235 e. The van der Waals surface area contributed by atoms with Gasteiger partial charge in [0.05, 0.1) is 11.6 Å². The number of hydrogen-bond donors (Lipinski definition) is 0. The summed E-state index contributed by atoms with van der Waals surface area (Å²) in [6.45, 7) is 0.269. The van der Waals surface area contributed by atoms with Gasteiger partial charge in [0.1, 0.15) is 5.82 Å². The predicted molar refractivity (Wildman–Crippen MR) is 65.9 cm³/mol. The van der Waals surface area contributed by atoms with Gasteiger partial charge in [-0.15, -0.1) is 5.10 Å². The van der Waals surface area contributed by atoms with Gasteiger partial charge in [-0.25, -0.2) is 9.07 Å². The Morgan fingerprint density at radius 2 is 2.12 bits per heavy atom. The van der Waals surface area contributed by atoms with Crippen molar-refractivity contribution in [2.45, 2.75) is 6.54 Å². The number of rotatable bonds is 2. The Morgan fingerprint density at radius 3 is 2.75 bits per heavy atom. The molecule has 0 spiro atoms. The molecule has 2 aromatic rings. The fraction of sp³-hybridized carbons (Fsp3) is 0.111. The Hall–Kier alpha value is -0.460. The average Bonchev–Trinajstić information content (AvgIpc) is 2.53. The topological polar surface area (TPSA) is 30.7 Å². The van der Waals surface area contributed by atoms with Gasteiger partial charge in [0.25, 0.3) is 0 Å². The SMILES string of the molecule is Fc1c(Cl)cccc1Cn1nc(Br)nc1Br. The Kier molecular flexibility index (Phi) is 3.61. The maximum absolute atomic E-state index is 13.6. The van der Waals surface area contributed by atoms with Crippen LogP contribution < -0.4 is 0 Å². The van der Waals surface area contributed by atoms with Crippen LogP contribution in [0, 0.1) is 5.82 Å². The number of nitrogens with zero attached hydrogens (tertiary/aromatic N) is 3. The van der Waals surface area contributed by atoms with Crippen LogP contribution in [0.2, 0.25) is 5.02 Å². The van der Waals surface area contributed by atoms with Gasteiger partial charge in [-0.1, -0.05) is 23.7 Å². The van der Waals surface area contributed by atoms with Gasteiger partial charge in [-0.05, 0) is 37.9 Å². The van der Waals surface area contributed by atoms with E-state index in [2.05, 4.69) is 41.9 Å². The van der Waals surface area contributed by atoms with E-state index >= 15 is 0 Å². The first-order chi connectivity index (χ1) is 7.58. The summed E-state index contributed by atoms with van der Waals surface area (Å²) in [6, 6.07) is 4.86. The lowest BCUT2D eigenvalue weighted by Gasteiger charge is -2.04. The molecule has 0 aliphatic heterocycles. The Balaban J connectivity index is 2.34. The van der Waals surface area contributed by atoms with E-state index in [1.807, 2.05) is 0 Å². The van der Waals surface area contributed by atoms with Crippen molar-refractivity contribution >= 4 is 43.5 Å². The molecule has 0 atom stereocenters. The summed E-state index contributed by atoms with van der Waals surface area (Å²) in [5, 5.41) is 4.15. The van der Waals surface area contributed by atoms with Gasteiger partial charge in [-0.3, -0.25) is 0 Å². The van der Waals surface area contributed by atoms with Crippen LogP contribution in [-0.4, -0.2) is 14.8 Å². The molecule has 3 nitrogen and oxygen atoms in total. The van der Waals surface area contributed by atoms with Crippen molar-refractivity contribution in [3.8, 4) is 0 Å². The summed E-state index contributed by atoms with van der Waals surface area (Å²) >= 11 is 12.0. The summed E-state index contributed by atoms with van der Waals surface area (Å²) in [5.74, 6) is -0.428. The summed E-state index contributed by atoms with van der Waals surface area (Å²) in [7, 11) is 0. The molecular formula is C9H5Br2ClFN3.